The molecule has 1 aromatic heterocycles. The Kier molecular flexibility index (Phi) is 7.54. The maximum absolute atomic E-state index is 14.2. The first kappa shape index (κ1) is 25.8. The van der Waals surface area contributed by atoms with E-state index in [9.17, 15) is 22.8 Å². The summed E-state index contributed by atoms with van der Waals surface area (Å²) in [6.45, 7) is 3.00. The molecular weight excluding hydrogens is 494 g/mol. The molecule has 3 aromatic carbocycles. The Labute approximate surface area is 214 Å². The van der Waals surface area contributed by atoms with Crippen molar-refractivity contribution in [1.29, 1.82) is 0 Å². The van der Waals surface area contributed by atoms with Gasteiger partial charge >= 0.3 is 11.9 Å². The van der Waals surface area contributed by atoms with Gasteiger partial charge in [0.15, 0.2) is 5.92 Å². The molecule has 0 N–H and O–H groups in total. The van der Waals surface area contributed by atoms with E-state index >= 15 is 0 Å². The molecule has 0 radical (unpaired) electrons. The third kappa shape index (κ3) is 4.77. The molecule has 8 nitrogen and oxygen atoms in total. The van der Waals surface area contributed by atoms with Crippen LogP contribution < -0.4 is 5.56 Å². The number of ether oxygens (including phenoxy) is 2. The predicted octanol–water partition coefficient (Wildman–Crippen LogP) is 4.03. The Balaban J connectivity index is 2.23. The summed E-state index contributed by atoms with van der Waals surface area (Å²) in [6.07, 6.45) is 0. The van der Waals surface area contributed by atoms with E-state index in [0.717, 1.165) is 0 Å². The van der Waals surface area contributed by atoms with Crippen LogP contribution in [0, 0.1) is 0 Å². The first-order valence-corrected chi connectivity index (χ1v) is 13.2. The summed E-state index contributed by atoms with van der Waals surface area (Å²) < 4.78 is 39.7. The van der Waals surface area contributed by atoms with Crippen molar-refractivity contribution < 1.29 is 27.5 Å². The van der Waals surface area contributed by atoms with Crippen LogP contribution >= 0.6 is 0 Å². The van der Waals surface area contributed by atoms with E-state index in [4.69, 9.17) is 9.47 Å². The Morgan fingerprint density at radius 2 is 1.30 bits per heavy atom. The summed E-state index contributed by atoms with van der Waals surface area (Å²) in [5.74, 6) is -3.81. The Morgan fingerprint density at radius 1 is 0.784 bits per heavy atom. The predicted molar refractivity (Wildman–Crippen MR) is 137 cm³/mol. The first-order valence-electron chi connectivity index (χ1n) is 11.7. The second-order valence-electron chi connectivity index (χ2n) is 7.99. The summed E-state index contributed by atoms with van der Waals surface area (Å²) in [5, 5.41) is 0.228. The van der Waals surface area contributed by atoms with Crippen LogP contribution in [0.4, 0.5) is 0 Å². The van der Waals surface area contributed by atoms with Gasteiger partial charge in [-0.3, -0.25) is 19.0 Å². The average molecular weight is 520 g/mol. The molecule has 0 saturated heterocycles. The quantitative estimate of drug-likeness (QED) is 0.255. The molecule has 0 spiro atoms. The molecule has 0 atom stereocenters. The fraction of sp³-hybridized carbons (Fsp3) is 0.179. The molecule has 0 aliphatic rings. The fourth-order valence-corrected chi connectivity index (χ4v) is 5.81. The third-order valence-corrected chi connectivity index (χ3v) is 7.57. The van der Waals surface area contributed by atoms with Crippen LogP contribution in [0.1, 0.15) is 25.3 Å². The van der Waals surface area contributed by atoms with E-state index < -0.39 is 38.1 Å². The maximum Gasteiger partial charge on any atom is 0.324 e. The van der Waals surface area contributed by atoms with Crippen LogP contribution in [0.5, 0.6) is 0 Å². The highest BCUT2D eigenvalue weighted by molar-refractivity contribution is 7.91. The highest BCUT2D eigenvalue weighted by Gasteiger charge is 2.40. The van der Waals surface area contributed by atoms with Crippen LogP contribution in [0.15, 0.2) is 99.5 Å². The summed E-state index contributed by atoms with van der Waals surface area (Å²) >= 11 is 0. The molecule has 190 valence electrons. The molecule has 0 saturated carbocycles. The van der Waals surface area contributed by atoms with Crippen molar-refractivity contribution in [2.75, 3.05) is 13.2 Å². The van der Waals surface area contributed by atoms with Gasteiger partial charge in [-0.25, -0.2) is 8.42 Å². The van der Waals surface area contributed by atoms with Gasteiger partial charge in [-0.1, -0.05) is 54.6 Å². The zero-order chi connectivity index (χ0) is 26.6. The summed E-state index contributed by atoms with van der Waals surface area (Å²) in [4.78, 5) is 39.6. The topological polar surface area (TPSA) is 109 Å². The lowest BCUT2D eigenvalue weighted by molar-refractivity contribution is -0.157. The smallest absolute Gasteiger partial charge is 0.324 e. The second-order valence-corrected chi connectivity index (χ2v) is 9.88. The first-order chi connectivity index (χ1) is 17.8. The van der Waals surface area contributed by atoms with E-state index in [0.29, 0.717) is 11.2 Å². The number of aromatic nitrogens is 1. The van der Waals surface area contributed by atoms with Gasteiger partial charge in [0.25, 0.3) is 5.56 Å². The van der Waals surface area contributed by atoms with E-state index in [2.05, 4.69) is 0 Å². The van der Waals surface area contributed by atoms with Gasteiger partial charge in [0.05, 0.1) is 23.6 Å². The number of pyridine rings is 1. The number of carbonyl (C=O) groups is 2. The second kappa shape index (κ2) is 10.8. The summed E-state index contributed by atoms with van der Waals surface area (Å²) in [7, 11) is -4.51. The molecule has 37 heavy (non-hydrogen) atoms. The van der Waals surface area contributed by atoms with Crippen molar-refractivity contribution in [2.45, 2.75) is 29.6 Å². The van der Waals surface area contributed by atoms with Crippen LogP contribution in [-0.4, -0.2) is 38.1 Å². The molecule has 9 heteroatoms. The summed E-state index contributed by atoms with van der Waals surface area (Å²) in [6, 6.07) is 22.4. The van der Waals surface area contributed by atoms with Gasteiger partial charge in [0.2, 0.25) is 9.84 Å². The number of sulfone groups is 1. The molecule has 0 amide bonds. The number of hydrogen-bond acceptors (Lipinski definition) is 7. The van der Waals surface area contributed by atoms with Crippen molar-refractivity contribution in [3.05, 3.63) is 101 Å². The number of fused-ring (bicyclic) bond motifs is 1. The number of rotatable bonds is 8. The van der Waals surface area contributed by atoms with Gasteiger partial charge in [0.1, 0.15) is 4.90 Å². The van der Waals surface area contributed by atoms with E-state index in [1.54, 1.807) is 74.5 Å². The van der Waals surface area contributed by atoms with Crippen molar-refractivity contribution in [1.82, 2.24) is 4.57 Å². The highest BCUT2D eigenvalue weighted by Crippen LogP contribution is 2.35. The average Bonchev–Trinajstić information content (AvgIpc) is 2.90. The molecule has 1 heterocycles. The standard InChI is InChI=1S/C28H25NO7S/c1-3-35-27(31)24(28(32)36-4-2)23-21-17-11-12-18-22(21)29(19-13-7-5-8-14-19)26(30)25(23)37(33,34)20-15-9-6-10-16-20/h5-18,24H,3-4H2,1-2H3. The monoisotopic (exact) mass is 519 g/mol. The maximum atomic E-state index is 14.2. The van der Waals surface area contributed by atoms with Crippen molar-refractivity contribution in [3.63, 3.8) is 0 Å². The normalized spacial score (nSPS) is 11.4. The van der Waals surface area contributed by atoms with Crippen LogP contribution in [0.25, 0.3) is 16.6 Å². The fourth-order valence-electron chi connectivity index (χ4n) is 4.23. The minimum Gasteiger partial charge on any atom is -0.465 e. The number of para-hydroxylation sites is 2. The molecule has 0 aliphatic carbocycles. The minimum atomic E-state index is -4.51. The number of benzene rings is 3. The minimum absolute atomic E-state index is 0.0610. The lowest BCUT2D eigenvalue weighted by Crippen LogP contribution is -2.33. The largest absolute Gasteiger partial charge is 0.465 e. The van der Waals surface area contributed by atoms with Gasteiger partial charge in [-0.15, -0.1) is 0 Å². The third-order valence-electron chi connectivity index (χ3n) is 5.75. The van der Waals surface area contributed by atoms with Crippen molar-refractivity contribution in [3.8, 4) is 5.69 Å². The SMILES string of the molecule is CCOC(=O)C(C(=O)OCC)c1c(S(=O)(=O)c2ccccc2)c(=O)n(-c2ccccc2)c2ccccc12. The Bertz CT molecular complexity index is 1590. The van der Waals surface area contributed by atoms with Crippen molar-refractivity contribution >= 4 is 32.7 Å². The molecule has 0 fully saturated rings. The number of nitrogens with zero attached hydrogens (tertiary/aromatic N) is 1. The van der Waals surface area contributed by atoms with Gasteiger partial charge in [0, 0.05) is 16.6 Å². The number of esters is 2. The molecule has 0 unspecified atom stereocenters. The lowest BCUT2D eigenvalue weighted by Gasteiger charge is -2.22. The number of hydrogen-bond donors (Lipinski definition) is 0. The zero-order valence-electron chi connectivity index (χ0n) is 20.3. The Morgan fingerprint density at radius 3 is 1.86 bits per heavy atom. The van der Waals surface area contributed by atoms with E-state index in [-0.39, 0.29) is 29.1 Å². The highest BCUT2D eigenvalue weighted by atomic mass is 32.2. The Hall–Kier alpha value is -4.24. The molecular formula is C28H25NO7S. The van der Waals surface area contributed by atoms with Crippen LogP contribution in [-0.2, 0) is 28.9 Å². The van der Waals surface area contributed by atoms with E-state index in [1.807, 2.05) is 0 Å². The lowest BCUT2D eigenvalue weighted by atomic mass is 9.95. The van der Waals surface area contributed by atoms with Gasteiger partial charge < -0.3 is 9.47 Å². The molecule has 0 aliphatic heterocycles. The zero-order valence-corrected chi connectivity index (χ0v) is 21.1. The van der Waals surface area contributed by atoms with Crippen molar-refractivity contribution in [2.24, 2.45) is 0 Å². The van der Waals surface area contributed by atoms with Crippen LogP contribution in [0.3, 0.4) is 0 Å². The number of carbonyl (C=O) groups excluding carboxylic acids is 2. The molecule has 0 bridgehead atoms. The van der Waals surface area contributed by atoms with Gasteiger partial charge in [-0.05, 0) is 44.2 Å². The van der Waals surface area contributed by atoms with E-state index in [1.165, 1.54) is 28.8 Å². The summed E-state index contributed by atoms with van der Waals surface area (Å²) in [5.41, 5.74) is -0.432. The van der Waals surface area contributed by atoms with Crippen LogP contribution in [0.2, 0.25) is 0 Å². The molecule has 4 rings (SSSR count). The molecule has 4 aromatic rings. The van der Waals surface area contributed by atoms with Gasteiger partial charge in [-0.2, -0.15) is 0 Å².